The fraction of sp³-hybridized carbons (Fsp3) is 0.481. The Morgan fingerprint density at radius 3 is 2.26 bits per heavy atom. The summed E-state index contributed by atoms with van der Waals surface area (Å²) in [6.07, 6.45) is 6.21. The van der Waals surface area contributed by atoms with Crippen LogP contribution in [0.2, 0.25) is 5.02 Å². The van der Waals surface area contributed by atoms with Crippen molar-refractivity contribution in [1.82, 2.24) is 9.80 Å². The molecule has 0 aromatic heterocycles. The number of piperidine rings is 1. The maximum absolute atomic E-state index is 13.5. The summed E-state index contributed by atoms with van der Waals surface area (Å²) in [5.41, 5.74) is 1.57. The van der Waals surface area contributed by atoms with Crippen LogP contribution >= 0.6 is 11.6 Å². The lowest BCUT2D eigenvalue weighted by molar-refractivity contribution is -0.137. The summed E-state index contributed by atoms with van der Waals surface area (Å²) in [5.74, 6) is 0.810. The molecule has 2 saturated heterocycles. The molecule has 2 aliphatic rings. The van der Waals surface area contributed by atoms with E-state index in [4.69, 9.17) is 16.3 Å². The quantitative estimate of drug-likeness (QED) is 0.617. The number of likely N-dealkylation sites (tertiary alicyclic amines) is 2. The van der Waals surface area contributed by atoms with Gasteiger partial charge in [0.15, 0.2) is 0 Å². The molecule has 2 aliphatic heterocycles. The highest BCUT2D eigenvalue weighted by Gasteiger charge is 2.34. The first-order chi connectivity index (χ1) is 16.6. The fourth-order valence-corrected chi connectivity index (χ4v) is 5.33. The van der Waals surface area contributed by atoms with Gasteiger partial charge in [0, 0.05) is 24.7 Å². The number of carbonyl (C=O) groups is 2. The Labute approximate surface area is 207 Å². The summed E-state index contributed by atoms with van der Waals surface area (Å²) >= 11 is 6.26. The van der Waals surface area contributed by atoms with Gasteiger partial charge < -0.3 is 15.0 Å². The highest BCUT2D eigenvalue weighted by molar-refractivity contribution is 6.32. The summed E-state index contributed by atoms with van der Waals surface area (Å²) in [7, 11) is 1.56. The van der Waals surface area contributed by atoms with Crippen molar-refractivity contribution in [3.8, 4) is 5.75 Å². The molecular weight excluding hydrogens is 450 g/mol. The van der Waals surface area contributed by atoms with Crippen LogP contribution in [0.1, 0.15) is 50.1 Å². The van der Waals surface area contributed by atoms with Crippen LogP contribution < -0.4 is 10.1 Å². The molecule has 4 rings (SSSR count). The average molecular weight is 484 g/mol. The van der Waals surface area contributed by atoms with Crippen molar-refractivity contribution < 1.29 is 14.3 Å². The molecule has 0 radical (unpaired) electrons. The monoisotopic (exact) mass is 483 g/mol. The molecule has 7 heteroatoms. The van der Waals surface area contributed by atoms with E-state index in [0.29, 0.717) is 35.5 Å². The van der Waals surface area contributed by atoms with E-state index < -0.39 is 6.04 Å². The Hall–Kier alpha value is -2.57. The van der Waals surface area contributed by atoms with Crippen molar-refractivity contribution in [2.45, 2.75) is 44.6 Å². The van der Waals surface area contributed by atoms with E-state index in [2.05, 4.69) is 15.1 Å². The fourth-order valence-electron chi connectivity index (χ4n) is 5.07. The number of ether oxygens (including phenoxy) is 1. The van der Waals surface area contributed by atoms with Crippen molar-refractivity contribution in [3.63, 3.8) is 0 Å². The van der Waals surface area contributed by atoms with E-state index in [1.165, 1.54) is 12.8 Å². The average Bonchev–Trinajstić information content (AvgIpc) is 3.15. The third-order valence-electron chi connectivity index (χ3n) is 6.94. The van der Waals surface area contributed by atoms with Gasteiger partial charge in [0.25, 0.3) is 0 Å². The summed E-state index contributed by atoms with van der Waals surface area (Å²) in [4.78, 5) is 30.9. The Balaban J connectivity index is 1.45. The van der Waals surface area contributed by atoms with Gasteiger partial charge in [-0.1, -0.05) is 54.8 Å². The molecule has 0 saturated carbocycles. The number of amides is 2. The minimum atomic E-state index is -0.434. The number of nitrogens with one attached hydrogen (secondary N) is 1. The van der Waals surface area contributed by atoms with E-state index in [0.717, 1.165) is 44.3 Å². The smallest absolute Gasteiger partial charge is 0.246 e. The van der Waals surface area contributed by atoms with Crippen LogP contribution in [0.15, 0.2) is 48.5 Å². The molecule has 2 aromatic rings. The van der Waals surface area contributed by atoms with Gasteiger partial charge in [-0.05, 0) is 62.5 Å². The zero-order valence-corrected chi connectivity index (χ0v) is 20.6. The van der Waals surface area contributed by atoms with E-state index in [-0.39, 0.29) is 11.8 Å². The maximum Gasteiger partial charge on any atom is 0.246 e. The molecule has 2 aromatic carbocycles. The summed E-state index contributed by atoms with van der Waals surface area (Å²) in [6.45, 7) is 3.19. The predicted octanol–water partition coefficient (Wildman–Crippen LogP) is 5.14. The van der Waals surface area contributed by atoms with Crippen molar-refractivity contribution in [3.05, 3.63) is 59.1 Å². The molecule has 2 fully saturated rings. The predicted molar refractivity (Wildman–Crippen MR) is 135 cm³/mol. The van der Waals surface area contributed by atoms with Gasteiger partial charge in [0.1, 0.15) is 11.8 Å². The first kappa shape index (κ1) is 24.6. The molecular formula is C27H34ClN3O3. The SMILES string of the molecule is COc1ccc(NC(=O)C(c2ccccc2)N2CCC(C(=O)N3CCCCCC3)CC2)cc1Cl. The number of hydrogen-bond donors (Lipinski definition) is 1. The highest BCUT2D eigenvalue weighted by atomic mass is 35.5. The number of rotatable bonds is 6. The zero-order chi connectivity index (χ0) is 23.9. The van der Waals surface area contributed by atoms with Gasteiger partial charge in [0.2, 0.25) is 11.8 Å². The maximum atomic E-state index is 13.5. The molecule has 0 spiro atoms. The largest absolute Gasteiger partial charge is 0.495 e. The van der Waals surface area contributed by atoms with Gasteiger partial charge in [0.05, 0.1) is 12.1 Å². The zero-order valence-electron chi connectivity index (χ0n) is 19.8. The Morgan fingerprint density at radius 2 is 1.65 bits per heavy atom. The van der Waals surface area contributed by atoms with Gasteiger partial charge in [-0.3, -0.25) is 14.5 Å². The lowest BCUT2D eigenvalue weighted by Gasteiger charge is -2.38. The Bertz CT molecular complexity index is 968. The number of benzene rings is 2. The minimum absolute atomic E-state index is 0.0502. The van der Waals surface area contributed by atoms with Crippen LogP contribution in [-0.4, -0.2) is 54.9 Å². The Morgan fingerprint density at radius 1 is 0.971 bits per heavy atom. The van der Waals surface area contributed by atoms with Crippen molar-refractivity contribution in [2.75, 3.05) is 38.6 Å². The molecule has 1 N–H and O–H groups in total. The second kappa shape index (κ2) is 11.7. The normalized spacial score (nSPS) is 18.7. The number of methoxy groups -OCH3 is 1. The lowest BCUT2D eigenvalue weighted by atomic mass is 9.92. The summed E-state index contributed by atoms with van der Waals surface area (Å²) in [5, 5.41) is 3.48. The van der Waals surface area contributed by atoms with Gasteiger partial charge in [-0.15, -0.1) is 0 Å². The second-order valence-electron chi connectivity index (χ2n) is 9.20. The molecule has 6 nitrogen and oxygen atoms in total. The van der Waals surface area contributed by atoms with Crippen LogP contribution in [0, 0.1) is 5.92 Å². The second-order valence-corrected chi connectivity index (χ2v) is 9.61. The molecule has 1 unspecified atom stereocenters. The highest BCUT2D eigenvalue weighted by Crippen LogP contribution is 2.31. The van der Waals surface area contributed by atoms with E-state index in [1.54, 1.807) is 25.3 Å². The van der Waals surface area contributed by atoms with E-state index in [9.17, 15) is 9.59 Å². The first-order valence-corrected chi connectivity index (χ1v) is 12.7. The third-order valence-corrected chi connectivity index (χ3v) is 7.24. The number of halogens is 1. The van der Waals surface area contributed by atoms with Crippen LogP contribution in [0.5, 0.6) is 5.75 Å². The van der Waals surface area contributed by atoms with Crippen LogP contribution in [-0.2, 0) is 9.59 Å². The third kappa shape index (κ3) is 5.91. The number of carbonyl (C=O) groups excluding carboxylic acids is 2. The van der Waals surface area contributed by atoms with Crippen molar-refractivity contribution in [1.29, 1.82) is 0 Å². The molecule has 0 bridgehead atoms. The molecule has 2 amide bonds. The van der Waals surface area contributed by atoms with Crippen LogP contribution in [0.25, 0.3) is 0 Å². The van der Waals surface area contributed by atoms with Crippen molar-refractivity contribution >= 4 is 29.1 Å². The number of nitrogens with zero attached hydrogens (tertiary/aromatic N) is 2. The van der Waals surface area contributed by atoms with Crippen LogP contribution in [0.4, 0.5) is 5.69 Å². The molecule has 2 heterocycles. The van der Waals surface area contributed by atoms with Gasteiger partial charge in [-0.25, -0.2) is 0 Å². The molecule has 1 atom stereocenters. The van der Waals surface area contributed by atoms with E-state index in [1.807, 2.05) is 30.3 Å². The minimum Gasteiger partial charge on any atom is -0.495 e. The van der Waals surface area contributed by atoms with Crippen molar-refractivity contribution in [2.24, 2.45) is 5.92 Å². The first-order valence-electron chi connectivity index (χ1n) is 12.3. The standard InChI is InChI=1S/C27H34ClN3O3/c1-34-24-12-11-22(19-23(24)28)29-26(32)25(20-9-5-4-6-10-20)30-17-13-21(14-18-30)27(33)31-15-7-2-3-8-16-31/h4-6,9-12,19,21,25H,2-3,7-8,13-18H2,1H3,(H,29,32). The topological polar surface area (TPSA) is 61.9 Å². The molecule has 34 heavy (non-hydrogen) atoms. The van der Waals surface area contributed by atoms with Gasteiger partial charge >= 0.3 is 0 Å². The van der Waals surface area contributed by atoms with Gasteiger partial charge in [-0.2, -0.15) is 0 Å². The number of anilines is 1. The van der Waals surface area contributed by atoms with Crippen LogP contribution in [0.3, 0.4) is 0 Å². The van der Waals surface area contributed by atoms with E-state index >= 15 is 0 Å². The summed E-state index contributed by atoms with van der Waals surface area (Å²) < 4.78 is 5.21. The number of hydrogen-bond acceptors (Lipinski definition) is 4. The Kier molecular flexibility index (Phi) is 8.46. The molecule has 0 aliphatic carbocycles. The lowest BCUT2D eigenvalue weighted by Crippen LogP contribution is -2.46. The summed E-state index contributed by atoms with van der Waals surface area (Å²) in [6, 6.07) is 14.6. The molecule has 182 valence electrons.